The van der Waals surface area contributed by atoms with Crippen molar-refractivity contribution in [2.24, 2.45) is 0 Å². The lowest BCUT2D eigenvalue weighted by Crippen LogP contribution is -2.29. The molecule has 0 spiro atoms. The fourth-order valence-corrected chi connectivity index (χ4v) is 4.06. The molecule has 154 valence electrons. The van der Waals surface area contributed by atoms with Crippen LogP contribution in [0.5, 0.6) is 11.8 Å². The maximum absolute atomic E-state index is 13.7. The number of aromatic nitrogens is 3. The van der Waals surface area contributed by atoms with Crippen LogP contribution >= 0.6 is 15.9 Å². The van der Waals surface area contributed by atoms with E-state index < -0.39 is 27.7 Å². The molecule has 3 rings (SSSR count). The molecule has 1 N–H and O–H groups in total. The molecule has 3 aromatic rings. The van der Waals surface area contributed by atoms with E-state index in [1.54, 1.807) is 11.5 Å². The van der Waals surface area contributed by atoms with Gasteiger partial charge in [0.2, 0.25) is 10.0 Å². The lowest BCUT2D eigenvalue weighted by atomic mass is 10.3. The summed E-state index contributed by atoms with van der Waals surface area (Å²) in [6.45, 7) is 3.80. The van der Waals surface area contributed by atoms with Crippen LogP contribution in [0.15, 0.2) is 51.8 Å². The van der Waals surface area contributed by atoms with Crippen molar-refractivity contribution in [3.05, 3.63) is 64.4 Å². The molecular weight excluding hydrogens is 470 g/mol. The summed E-state index contributed by atoms with van der Waals surface area (Å²) in [5.41, 5.74) is 0. The number of halogens is 3. The van der Waals surface area contributed by atoms with Crippen LogP contribution in [0.3, 0.4) is 0 Å². The minimum Gasteiger partial charge on any atom is -0.424 e. The van der Waals surface area contributed by atoms with E-state index in [0.29, 0.717) is 18.1 Å². The summed E-state index contributed by atoms with van der Waals surface area (Å²) in [7, 11) is -4.00. The van der Waals surface area contributed by atoms with E-state index in [4.69, 9.17) is 4.74 Å². The molecule has 0 aliphatic heterocycles. The minimum atomic E-state index is -4.00. The topological polar surface area (TPSA) is 86.1 Å². The van der Waals surface area contributed by atoms with Crippen molar-refractivity contribution in [2.75, 3.05) is 0 Å². The molecule has 0 saturated carbocycles. The molecule has 0 amide bonds. The molecule has 0 unspecified atom stereocenters. The van der Waals surface area contributed by atoms with Gasteiger partial charge >= 0.3 is 6.01 Å². The van der Waals surface area contributed by atoms with Gasteiger partial charge in [0.1, 0.15) is 17.4 Å². The fraction of sp³-hybridized carbons (Fsp3) is 0.222. The highest BCUT2D eigenvalue weighted by Gasteiger charge is 2.24. The van der Waals surface area contributed by atoms with Gasteiger partial charge in [0, 0.05) is 6.54 Å². The molecule has 0 fully saturated rings. The predicted molar refractivity (Wildman–Crippen MR) is 105 cm³/mol. The van der Waals surface area contributed by atoms with E-state index in [1.807, 2.05) is 6.92 Å². The first-order valence-electron chi connectivity index (χ1n) is 8.55. The Kier molecular flexibility index (Phi) is 6.30. The molecule has 1 atom stereocenters. The van der Waals surface area contributed by atoms with E-state index in [1.165, 1.54) is 36.4 Å². The van der Waals surface area contributed by atoms with Crippen molar-refractivity contribution in [1.29, 1.82) is 0 Å². The van der Waals surface area contributed by atoms with E-state index in [-0.39, 0.29) is 15.4 Å². The molecule has 0 radical (unpaired) electrons. The average molecular weight is 487 g/mol. The molecule has 0 saturated heterocycles. The van der Waals surface area contributed by atoms with Gasteiger partial charge in [-0.3, -0.25) is 4.57 Å². The van der Waals surface area contributed by atoms with Gasteiger partial charge in [-0.15, -0.1) is 5.10 Å². The number of sulfonamides is 1. The number of nitrogens with zero attached hydrogens (tertiary/aromatic N) is 3. The van der Waals surface area contributed by atoms with Crippen LogP contribution < -0.4 is 9.46 Å². The molecule has 29 heavy (non-hydrogen) atoms. The van der Waals surface area contributed by atoms with Gasteiger partial charge in [0.25, 0.3) is 0 Å². The zero-order valence-electron chi connectivity index (χ0n) is 15.4. The largest absolute Gasteiger partial charge is 0.424 e. The van der Waals surface area contributed by atoms with Crippen LogP contribution in [-0.4, -0.2) is 23.2 Å². The maximum Gasteiger partial charge on any atom is 0.322 e. The van der Waals surface area contributed by atoms with Crippen LogP contribution in [0, 0.1) is 11.6 Å². The Morgan fingerprint density at radius 2 is 1.86 bits per heavy atom. The third kappa shape index (κ3) is 4.80. The normalized spacial score (nSPS) is 12.7. The second kappa shape index (κ2) is 8.56. The third-order valence-corrected chi connectivity index (χ3v) is 6.19. The van der Waals surface area contributed by atoms with Crippen LogP contribution in [0.1, 0.15) is 25.7 Å². The average Bonchev–Trinajstić information content (AvgIpc) is 3.08. The summed E-state index contributed by atoms with van der Waals surface area (Å²) >= 11 is 2.99. The van der Waals surface area contributed by atoms with Gasteiger partial charge < -0.3 is 4.74 Å². The lowest BCUT2D eigenvalue weighted by molar-refractivity contribution is 0.407. The molecule has 1 heterocycles. The Balaban J connectivity index is 1.83. The van der Waals surface area contributed by atoms with Crippen molar-refractivity contribution in [2.45, 2.75) is 31.3 Å². The summed E-state index contributed by atoms with van der Waals surface area (Å²) in [6.07, 6.45) is 0. The SMILES string of the molecule is CCn1c(Oc2ccc(F)cc2)nnc1[C@@H](C)NS(=O)(=O)c1ccc(Br)c(F)c1. The summed E-state index contributed by atoms with van der Waals surface area (Å²) in [4.78, 5) is -0.213. The second-order valence-corrected chi connectivity index (χ2v) is 8.63. The Bertz CT molecular complexity index is 1120. The van der Waals surface area contributed by atoms with Crippen LogP contribution in [0.4, 0.5) is 8.78 Å². The van der Waals surface area contributed by atoms with Crippen molar-refractivity contribution >= 4 is 26.0 Å². The number of benzene rings is 2. The number of hydrogen-bond acceptors (Lipinski definition) is 5. The molecule has 11 heteroatoms. The van der Waals surface area contributed by atoms with Crippen molar-refractivity contribution in [3.63, 3.8) is 0 Å². The lowest BCUT2D eigenvalue weighted by Gasteiger charge is -2.15. The molecule has 7 nitrogen and oxygen atoms in total. The van der Waals surface area contributed by atoms with E-state index in [0.717, 1.165) is 6.07 Å². The molecule has 0 aliphatic carbocycles. The quantitative estimate of drug-likeness (QED) is 0.541. The highest BCUT2D eigenvalue weighted by atomic mass is 79.9. The van der Waals surface area contributed by atoms with Gasteiger partial charge in [-0.1, -0.05) is 5.10 Å². The zero-order valence-corrected chi connectivity index (χ0v) is 17.8. The smallest absolute Gasteiger partial charge is 0.322 e. The molecule has 1 aromatic heterocycles. The van der Waals surface area contributed by atoms with Gasteiger partial charge in [-0.25, -0.2) is 21.9 Å². The maximum atomic E-state index is 13.7. The number of nitrogens with one attached hydrogen (secondary N) is 1. The fourth-order valence-electron chi connectivity index (χ4n) is 2.60. The number of rotatable bonds is 7. The highest BCUT2D eigenvalue weighted by molar-refractivity contribution is 9.10. The minimum absolute atomic E-state index is 0.134. The monoisotopic (exact) mass is 486 g/mol. The summed E-state index contributed by atoms with van der Waals surface area (Å²) in [6, 6.07) is 8.27. The first-order valence-corrected chi connectivity index (χ1v) is 10.8. The predicted octanol–water partition coefficient (Wildman–Crippen LogP) is 4.17. The van der Waals surface area contributed by atoms with Gasteiger partial charge in [-0.05, 0) is 72.2 Å². The van der Waals surface area contributed by atoms with Gasteiger partial charge in [0.05, 0.1) is 15.4 Å². The van der Waals surface area contributed by atoms with Crippen molar-refractivity contribution in [3.8, 4) is 11.8 Å². The summed E-state index contributed by atoms with van der Waals surface area (Å²) in [5, 5.41) is 7.97. The van der Waals surface area contributed by atoms with E-state index >= 15 is 0 Å². The molecule has 2 aromatic carbocycles. The first kappa shape index (κ1) is 21.3. The van der Waals surface area contributed by atoms with Gasteiger partial charge in [0.15, 0.2) is 5.82 Å². The first-order chi connectivity index (χ1) is 13.7. The standard InChI is InChI=1S/C18H17BrF2N4O3S/c1-3-25-17(22-23-18(25)28-13-6-4-12(20)5-7-13)11(2)24-29(26,27)14-8-9-15(19)16(21)10-14/h4-11,24H,3H2,1-2H3/t11-/m1/s1. The molecule has 0 bridgehead atoms. The summed E-state index contributed by atoms with van der Waals surface area (Å²) in [5.74, 6) is -0.418. The molecular formula is C18H17BrF2N4O3S. The van der Waals surface area contributed by atoms with Gasteiger partial charge in [-0.2, -0.15) is 0 Å². The summed E-state index contributed by atoms with van der Waals surface area (Å²) < 4.78 is 61.8. The van der Waals surface area contributed by atoms with Crippen LogP contribution in [-0.2, 0) is 16.6 Å². The van der Waals surface area contributed by atoms with E-state index in [9.17, 15) is 17.2 Å². The van der Waals surface area contributed by atoms with Crippen LogP contribution in [0.25, 0.3) is 0 Å². The third-order valence-electron chi connectivity index (χ3n) is 4.01. The number of ether oxygens (including phenoxy) is 1. The van der Waals surface area contributed by atoms with Crippen LogP contribution in [0.2, 0.25) is 0 Å². The van der Waals surface area contributed by atoms with E-state index in [2.05, 4.69) is 30.8 Å². The highest BCUT2D eigenvalue weighted by Crippen LogP contribution is 2.25. The Labute approximate surface area is 174 Å². The Hall–Kier alpha value is -2.37. The second-order valence-electron chi connectivity index (χ2n) is 6.06. The van der Waals surface area contributed by atoms with Crippen molar-refractivity contribution in [1.82, 2.24) is 19.5 Å². The Morgan fingerprint density at radius 3 is 2.48 bits per heavy atom. The zero-order chi connectivity index (χ0) is 21.2. The molecule has 0 aliphatic rings. The van der Waals surface area contributed by atoms with Crippen molar-refractivity contribution < 1.29 is 21.9 Å². The number of hydrogen-bond donors (Lipinski definition) is 1. The Morgan fingerprint density at radius 1 is 1.17 bits per heavy atom.